The average Bonchev–Trinajstić information content (AvgIpc) is 2.76. The van der Waals surface area contributed by atoms with Crippen LogP contribution in [0.15, 0.2) is 24.3 Å². The highest BCUT2D eigenvalue weighted by molar-refractivity contribution is 5.77. The molecule has 2 rings (SSSR count). The number of nitrogens with one attached hydrogen (secondary N) is 1. The normalized spacial score (nSPS) is 20.1. The zero-order valence-corrected chi connectivity index (χ0v) is 12.0. The zero-order chi connectivity index (χ0) is 14.6. The van der Waals surface area contributed by atoms with Crippen molar-refractivity contribution in [2.75, 3.05) is 6.61 Å². The van der Waals surface area contributed by atoms with Crippen LogP contribution in [0.4, 0.5) is 0 Å². The third kappa shape index (κ3) is 3.99. The molecule has 1 aliphatic carbocycles. The molecule has 1 amide bonds. The molecule has 4 heteroatoms. The first kappa shape index (κ1) is 14.4. The molecule has 0 spiro atoms. The van der Waals surface area contributed by atoms with Gasteiger partial charge < -0.3 is 10.1 Å². The minimum absolute atomic E-state index is 0.0167. The molecule has 1 atom stereocenters. The fourth-order valence-electron chi connectivity index (χ4n) is 2.60. The van der Waals surface area contributed by atoms with Crippen LogP contribution in [-0.2, 0) is 4.79 Å². The Hall–Kier alpha value is -2.02. The number of amides is 1. The molecule has 1 aromatic carbocycles. The average molecular weight is 272 g/mol. The maximum Gasteiger partial charge on any atom is 0.258 e. The topological polar surface area (TPSA) is 62.1 Å². The van der Waals surface area contributed by atoms with Gasteiger partial charge in [-0.25, -0.2) is 0 Å². The van der Waals surface area contributed by atoms with Gasteiger partial charge in [0, 0.05) is 6.04 Å². The Morgan fingerprint density at radius 1 is 1.45 bits per heavy atom. The summed E-state index contributed by atoms with van der Waals surface area (Å²) < 4.78 is 5.41. The SMILES string of the molecule is CC1(C)CCC(NC(=O)COc2ccc(C#N)cc2)C1. The number of carbonyl (C=O) groups is 1. The second-order valence-electron chi connectivity index (χ2n) is 6.10. The summed E-state index contributed by atoms with van der Waals surface area (Å²) in [5.74, 6) is 0.517. The maximum absolute atomic E-state index is 11.8. The molecule has 0 bridgehead atoms. The molecular weight excluding hydrogens is 252 g/mol. The van der Waals surface area contributed by atoms with Crippen molar-refractivity contribution < 1.29 is 9.53 Å². The van der Waals surface area contributed by atoms with Crippen molar-refractivity contribution in [3.63, 3.8) is 0 Å². The number of rotatable bonds is 4. The maximum atomic E-state index is 11.8. The van der Waals surface area contributed by atoms with Gasteiger partial charge in [0.2, 0.25) is 0 Å². The van der Waals surface area contributed by atoms with Crippen LogP contribution in [0.1, 0.15) is 38.7 Å². The number of nitrogens with zero attached hydrogens (tertiary/aromatic N) is 1. The van der Waals surface area contributed by atoms with Gasteiger partial charge in [-0.3, -0.25) is 4.79 Å². The lowest BCUT2D eigenvalue weighted by molar-refractivity contribution is -0.123. The summed E-state index contributed by atoms with van der Waals surface area (Å²) in [4.78, 5) is 11.8. The van der Waals surface area contributed by atoms with Gasteiger partial charge in [-0.2, -0.15) is 5.26 Å². The third-order valence-corrected chi connectivity index (χ3v) is 3.69. The molecule has 0 aromatic heterocycles. The molecule has 0 aliphatic heterocycles. The molecule has 0 saturated heterocycles. The van der Waals surface area contributed by atoms with Crippen LogP contribution in [-0.4, -0.2) is 18.6 Å². The van der Waals surface area contributed by atoms with Crippen molar-refractivity contribution in [1.29, 1.82) is 5.26 Å². The molecule has 1 saturated carbocycles. The van der Waals surface area contributed by atoms with Crippen LogP contribution in [0.3, 0.4) is 0 Å². The molecule has 4 nitrogen and oxygen atoms in total. The minimum Gasteiger partial charge on any atom is -0.484 e. The Bertz CT molecular complexity index is 514. The summed E-state index contributed by atoms with van der Waals surface area (Å²) in [6, 6.07) is 9.05. The first-order chi connectivity index (χ1) is 9.48. The predicted molar refractivity (Wildman–Crippen MR) is 76.2 cm³/mol. The molecule has 1 fully saturated rings. The molecule has 1 unspecified atom stereocenters. The van der Waals surface area contributed by atoms with E-state index in [4.69, 9.17) is 10.00 Å². The van der Waals surface area contributed by atoms with Crippen LogP contribution >= 0.6 is 0 Å². The summed E-state index contributed by atoms with van der Waals surface area (Å²) in [6.07, 6.45) is 3.21. The van der Waals surface area contributed by atoms with Crippen molar-refractivity contribution in [2.24, 2.45) is 5.41 Å². The molecule has 0 heterocycles. The van der Waals surface area contributed by atoms with Crippen LogP contribution in [0, 0.1) is 16.7 Å². The van der Waals surface area contributed by atoms with E-state index in [1.54, 1.807) is 24.3 Å². The number of hydrogen-bond donors (Lipinski definition) is 1. The molecule has 20 heavy (non-hydrogen) atoms. The van der Waals surface area contributed by atoms with Gasteiger partial charge >= 0.3 is 0 Å². The second kappa shape index (κ2) is 5.96. The van der Waals surface area contributed by atoms with Crippen molar-refractivity contribution in [3.8, 4) is 11.8 Å². The number of ether oxygens (including phenoxy) is 1. The fourth-order valence-corrected chi connectivity index (χ4v) is 2.60. The van der Waals surface area contributed by atoms with Gasteiger partial charge in [0.05, 0.1) is 11.6 Å². The number of hydrogen-bond acceptors (Lipinski definition) is 3. The lowest BCUT2D eigenvalue weighted by atomic mass is 9.92. The minimum atomic E-state index is -0.0861. The van der Waals surface area contributed by atoms with Crippen LogP contribution < -0.4 is 10.1 Å². The van der Waals surface area contributed by atoms with E-state index in [1.165, 1.54) is 0 Å². The van der Waals surface area contributed by atoms with E-state index in [0.29, 0.717) is 16.7 Å². The van der Waals surface area contributed by atoms with E-state index in [9.17, 15) is 4.79 Å². The largest absolute Gasteiger partial charge is 0.484 e. The van der Waals surface area contributed by atoms with Crippen LogP contribution in [0.2, 0.25) is 0 Å². The summed E-state index contributed by atoms with van der Waals surface area (Å²) in [7, 11) is 0. The quantitative estimate of drug-likeness (QED) is 0.916. The van der Waals surface area contributed by atoms with Gasteiger partial charge in [-0.05, 0) is 48.9 Å². The summed E-state index contributed by atoms with van der Waals surface area (Å²) >= 11 is 0. The lowest BCUT2D eigenvalue weighted by Gasteiger charge is -2.18. The number of carbonyl (C=O) groups excluding carboxylic acids is 1. The highest BCUT2D eigenvalue weighted by atomic mass is 16.5. The van der Waals surface area contributed by atoms with Crippen molar-refractivity contribution in [3.05, 3.63) is 29.8 Å². The molecule has 1 aliphatic rings. The fraction of sp³-hybridized carbons (Fsp3) is 0.500. The molecule has 1 N–H and O–H groups in total. The smallest absolute Gasteiger partial charge is 0.258 e. The monoisotopic (exact) mass is 272 g/mol. The van der Waals surface area contributed by atoms with Crippen molar-refractivity contribution in [1.82, 2.24) is 5.32 Å². The van der Waals surface area contributed by atoms with Gasteiger partial charge in [-0.15, -0.1) is 0 Å². The van der Waals surface area contributed by atoms with E-state index < -0.39 is 0 Å². The number of nitriles is 1. The molecule has 0 radical (unpaired) electrons. The molecule has 106 valence electrons. The first-order valence-electron chi connectivity index (χ1n) is 6.91. The van der Waals surface area contributed by atoms with Crippen LogP contribution in [0.25, 0.3) is 0 Å². The summed E-state index contributed by atoms with van der Waals surface area (Å²) in [5, 5.41) is 11.7. The third-order valence-electron chi connectivity index (χ3n) is 3.69. The Balaban J connectivity index is 1.76. The highest BCUT2D eigenvalue weighted by Crippen LogP contribution is 2.36. The first-order valence-corrected chi connectivity index (χ1v) is 6.91. The summed E-state index contributed by atoms with van der Waals surface area (Å²) in [5.41, 5.74) is 0.904. The number of benzene rings is 1. The van der Waals surface area contributed by atoms with Gasteiger partial charge in [-0.1, -0.05) is 13.8 Å². The zero-order valence-electron chi connectivity index (χ0n) is 12.0. The van der Waals surface area contributed by atoms with Gasteiger partial charge in [0.15, 0.2) is 6.61 Å². The van der Waals surface area contributed by atoms with E-state index in [0.717, 1.165) is 19.3 Å². The highest BCUT2D eigenvalue weighted by Gasteiger charge is 2.31. The Morgan fingerprint density at radius 3 is 2.70 bits per heavy atom. The van der Waals surface area contributed by atoms with Crippen molar-refractivity contribution >= 4 is 5.91 Å². The van der Waals surface area contributed by atoms with Crippen LogP contribution in [0.5, 0.6) is 5.75 Å². The second-order valence-corrected chi connectivity index (χ2v) is 6.10. The van der Waals surface area contributed by atoms with Gasteiger partial charge in [0.1, 0.15) is 5.75 Å². The Kier molecular flexibility index (Phi) is 4.29. The van der Waals surface area contributed by atoms with E-state index in [1.807, 2.05) is 6.07 Å². The standard InChI is InChI=1S/C16H20N2O2/c1-16(2)8-7-13(9-16)18-15(19)11-20-14-5-3-12(10-17)4-6-14/h3-6,13H,7-9,11H2,1-2H3,(H,18,19). The van der Waals surface area contributed by atoms with Gasteiger partial charge in [0.25, 0.3) is 5.91 Å². The van der Waals surface area contributed by atoms with E-state index in [2.05, 4.69) is 19.2 Å². The Morgan fingerprint density at radius 2 is 2.15 bits per heavy atom. The lowest BCUT2D eigenvalue weighted by Crippen LogP contribution is -2.36. The molecule has 1 aromatic rings. The van der Waals surface area contributed by atoms with E-state index >= 15 is 0 Å². The van der Waals surface area contributed by atoms with E-state index in [-0.39, 0.29) is 18.6 Å². The predicted octanol–water partition coefficient (Wildman–Crippen LogP) is 2.63. The summed E-state index contributed by atoms with van der Waals surface area (Å²) in [6.45, 7) is 4.47. The molecular formula is C16H20N2O2. The van der Waals surface area contributed by atoms with Crippen molar-refractivity contribution in [2.45, 2.75) is 39.2 Å². The Labute approximate surface area is 119 Å².